The lowest BCUT2D eigenvalue weighted by molar-refractivity contribution is 0.0600. The van der Waals surface area contributed by atoms with E-state index in [2.05, 4.69) is 25.8 Å². The van der Waals surface area contributed by atoms with Crippen LogP contribution < -0.4 is 0 Å². The molecule has 0 saturated carbocycles. The van der Waals surface area contributed by atoms with Crippen LogP contribution in [0.1, 0.15) is 36.8 Å². The Labute approximate surface area is 107 Å². The van der Waals surface area contributed by atoms with Crippen molar-refractivity contribution in [2.45, 2.75) is 27.2 Å². The number of fused-ring (bicyclic) bond motifs is 1. The maximum atomic E-state index is 11.4. The van der Waals surface area contributed by atoms with Gasteiger partial charge in [0.15, 0.2) is 0 Å². The minimum Gasteiger partial charge on any atom is -0.465 e. The van der Waals surface area contributed by atoms with Crippen LogP contribution in [0.5, 0.6) is 0 Å². The number of ether oxygens (including phenoxy) is 1. The molecule has 0 aliphatic heterocycles. The molecule has 4 nitrogen and oxygen atoms in total. The summed E-state index contributed by atoms with van der Waals surface area (Å²) in [5.41, 5.74) is 2.53. The van der Waals surface area contributed by atoms with Crippen molar-refractivity contribution in [2.75, 3.05) is 7.11 Å². The summed E-state index contributed by atoms with van der Waals surface area (Å²) in [7, 11) is 1.38. The van der Waals surface area contributed by atoms with Gasteiger partial charge in [-0.25, -0.2) is 9.78 Å². The molecule has 0 atom stereocenters. The van der Waals surface area contributed by atoms with Gasteiger partial charge in [-0.3, -0.25) is 0 Å². The lowest BCUT2D eigenvalue weighted by Gasteiger charge is -2.15. The van der Waals surface area contributed by atoms with Gasteiger partial charge in [0.2, 0.25) is 0 Å². The van der Waals surface area contributed by atoms with Gasteiger partial charge >= 0.3 is 5.97 Å². The van der Waals surface area contributed by atoms with Gasteiger partial charge in [0.1, 0.15) is 5.65 Å². The number of rotatable bonds is 2. The van der Waals surface area contributed by atoms with Crippen molar-refractivity contribution >= 4 is 11.6 Å². The number of carbonyl (C=O) groups excluding carboxylic acids is 1. The van der Waals surface area contributed by atoms with Crippen molar-refractivity contribution in [3.63, 3.8) is 0 Å². The fraction of sp³-hybridized carbons (Fsp3) is 0.429. The highest BCUT2D eigenvalue weighted by Gasteiger charge is 2.14. The zero-order valence-electron chi connectivity index (χ0n) is 11.2. The predicted octanol–water partition coefficient (Wildman–Crippen LogP) is 2.71. The van der Waals surface area contributed by atoms with Crippen molar-refractivity contribution in [1.29, 1.82) is 0 Å². The first-order valence-corrected chi connectivity index (χ1v) is 5.95. The number of methoxy groups -OCH3 is 1. The Morgan fingerprint density at radius 3 is 2.78 bits per heavy atom. The molecule has 2 aromatic heterocycles. The third-order valence-corrected chi connectivity index (χ3v) is 2.64. The van der Waals surface area contributed by atoms with Crippen molar-refractivity contribution in [1.82, 2.24) is 9.38 Å². The number of imidazole rings is 1. The second-order valence-electron chi connectivity index (χ2n) is 5.64. The first-order valence-electron chi connectivity index (χ1n) is 5.95. The van der Waals surface area contributed by atoms with Gasteiger partial charge in [0.05, 0.1) is 18.4 Å². The fourth-order valence-electron chi connectivity index (χ4n) is 1.91. The average Bonchev–Trinajstić information content (AvgIpc) is 2.66. The Balaban J connectivity index is 2.37. The molecule has 0 aliphatic carbocycles. The summed E-state index contributed by atoms with van der Waals surface area (Å²) >= 11 is 0. The third kappa shape index (κ3) is 2.70. The van der Waals surface area contributed by atoms with E-state index in [0.29, 0.717) is 5.56 Å². The van der Waals surface area contributed by atoms with Crippen LogP contribution in [0.3, 0.4) is 0 Å². The Hall–Kier alpha value is -1.84. The van der Waals surface area contributed by atoms with E-state index in [4.69, 9.17) is 4.74 Å². The summed E-state index contributed by atoms with van der Waals surface area (Å²) in [6.45, 7) is 6.53. The number of hydrogen-bond acceptors (Lipinski definition) is 3. The number of nitrogens with zero attached hydrogens (tertiary/aromatic N) is 2. The van der Waals surface area contributed by atoms with Gasteiger partial charge in [-0.05, 0) is 24.0 Å². The van der Waals surface area contributed by atoms with E-state index in [1.54, 1.807) is 12.1 Å². The molecular weight excluding hydrogens is 228 g/mol. The summed E-state index contributed by atoms with van der Waals surface area (Å²) in [5.74, 6) is -0.335. The fourth-order valence-corrected chi connectivity index (χ4v) is 1.91. The summed E-state index contributed by atoms with van der Waals surface area (Å²) in [5, 5.41) is 0. The van der Waals surface area contributed by atoms with E-state index in [1.165, 1.54) is 7.11 Å². The number of pyridine rings is 1. The second kappa shape index (κ2) is 4.44. The summed E-state index contributed by atoms with van der Waals surface area (Å²) in [4.78, 5) is 16.0. The second-order valence-corrected chi connectivity index (χ2v) is 5.64. The number of carbonyl (C=O) groups is 1. The molecule has 96 valence electrons. The highest BCUT2D eigenvalue weighted by atomic mass is 16.5. The Bertz CT molecular complexity index is 579. The van der Waals surface area contributed by atoms with E-state index in [-0.39, 0.29) is 11.4 Å². The van der Waals surface area contributed by atoms with Gasteiger partial charge in [-0.1, -0.05) is 20.8 Å². The maximum Gasteiger partial charge on any atom is 0.338 e. The zero-order chi connectivity index (χ0) is 13.3. The summed E-state index contributed by atoms with van der Waals surface area (Å²) in [6.07, 6.45) is 4.74. The van der Waals surface area contributed by atoms with Crippen LogP contribution in [0.25, 0.3) is 5.65 Å². The van der Waals surface area contributed by atoms with Crippen LogP contribution in [0.15, 0.2) is 24.5 Å². The SMILES string of the molecule is COC(=O)c1ccn2cc(CC(C)(C)C)nc2c1. The quantitative estimate of drug-likeness (QED) is 0.765. The number of aromatic nitrogens is 2. The summed E-state index contributed by atoms with van der Waals surface area (Å²) < 4.78 is 6.62. The van der Waals surface area contributed by atoms with Crippen LogP contribution >= 0.6 is 0 Å². The topological polar surface area (TPSA) is 43.6 Å². The molecule has 0 aromatic carbocycles. The molecular formula is C14H18N2O2. The molecule has 0 aliphatic rings. The molecule has 0 bridgehead atoms. The molecule has 2 heterocycles. The minimum atomic E-state index is -0.335. The van der Waals surface area contributed by atoms with Crippen LogP contribution in [0.4, 0.5) is 0 Å². The minimum absolute atomic E-state index is 0.198. The highest BCUT2D eigenvalue weighted by Crippen LogP contribution is 2.20. The molecule has 18 heavy (non-hydrogen) atoms. The lowest BCUT2D eigenvalue weighted by atomic mass is 9.91. The van der Waals surface area contributed by atoms with E-state index in [9.17, 15) is 4.79 Å². The predicted molar refractivity (Wildman–Crippen MR) is 69.7 cm³/mol. The Morgan fingerprint density at radius 1 is 1.44 bits per heavy atom. The van der Waals surface area contributed by atoms with Crippen LogP contribution in [0, 0.1) is 5.41 Å². The van der Waals surface area contributed by atoms with E-state index in [0.717, 1.165) is 17.8 Å². The van der Waals surface area contributed by atoms with Gasteiger partial charge in [-0.2, -0.15) is 0 Å². The molecule has 0 unspecified atom stereocenters. The Morgan fingerprint density at radius 2 is 2.17 bits per heavy atom. The number of hydrogen-bond donors (Lipinski definition) is 0. The zero-order valence-corrected chi connectivity index (χ0v) is 11.2. The molecule has 0 saturated heterocycles. The van der Waals surface area contributed by atoms with Crippen LogP contribution in [-0.2, 0) is 11.2 Å². The normalized spacial score (nSPS) is 11.8. The first-order chi connectivity index (χ1) is 8.39. The largest absolute Gasteiger partial charge is 0.465 e. The molecule has 0 fully saturated rings. The number of esters is 1. The van der Waals surface area contributed by atoms with E-state index in [1.807, 2.05) is 16.8 Å². The van der Waals surface area contributed by atoms with E-state index >= 15 is 0 Å². The standard InChI is InChI=1S/C14H18N2O2/c1-14(2,3)8-11-9-16-6-5-10(13(17)18-4)7-12(16)15-11/h5-7,9H,8H2,1-4H3. The molecule has 0 amide bonds. The molecule has 0 spiro atoms. The monoisotopic (exact) mass is 246 g/mol. The summed E-state index contributed by atoms with van der Waals surface area (Å²) in [6, 6.07) is 3.49. The first kappa shape index (κ1) is 12.6. The van der Waals surface area contributed by atoms with E-state index < -0.39 is 0 Å². The molecule has 2 rings (SSSR count). The highest BCUT2D eigenvalue weighted by molar-refractivity contribution is 5.90. The van der Waals surface area contributed by atoms with Crippen molar-refractivity contribution in [3.8, 4) is 0 Å². The molecule has 4 heteroatoms. The van der Waals surface area contributed by atoms with Crippen molar-refractivity contribution in [2.24, 2.45) is 5.41 Å². The molecule has 0 N–H and O–H groups in total. The van der Waals surface area contributed by atoms with Crippen LogP contribution in [-0.4, -0.2) is 22.5 Å². The van der Waals surface area contributed by atoms with Gasteiger partial charge < -0.3 is 9.14 Å². The molecule has 0 radical (unpaired) electrons. The van der Waals surface area contributed by atoms with Gasteiger partial charge in [0.25, 0.3) is 0 Å². The maximum absolute atomic E-state index is 11.4. The van der Waals surface area contributed by atoms with Gasteiger partial charge in [0, 0.05) is 12.4 Å². The Kier molecular flexibility index (Phi) is 3.11. The molecule has 2 aromatic rings. The smallest absolute Gasteiger partial charge is 0.338 e. The van der Waals surface area contributed by atoms with Crippen molar-refractivity contribution < 1.29 is 9.53 Å². The lowest BCUT2D eigenvalue weighted by Crippen LogP contribution is -2.09. The third-order valence-electron chi connectivity index (χ3n) is 2.64. The van der Waals surface area contributed by atoms with Gasteiger partial charge in [-0.15, -0.1) is 0 Å². The average molecular weight is 246 g/mol. The van der Waals surface area contributed by atoms with Crippen molar-refractivity contribution in [3.05, 3.63) is 35.8 Å². The van der Waals surface area contributed by atoms with Crippen LogP contribution in [0.2, 0.25) is 0 Å².